The van der Waals surface area contributed by atoms with Crippen LogP contribution in [-0.2, 0) is 27.3 Å². The van der Waals surface area contributed by atoms with Gasteiger partial charge in [0.05, 0.1) is 6.42 Å². The maximum atomic E-state index is 12.1. The maximum Gasteiger partial charge on any atom is 0.311 e. The zero-order valence-electron chi connectivity index (χ0n) is 14.0. The standard InChI is InChI=1S/C20H20N2O3/c1-14(20(24)22-12-15-7-3-2-4-8-15)25-19(23)11-16-13-21-18-10-6-5-9-17(16)18/h2-10,13-14,21H,11-12H2,1H3,(H,22,24)/t14-/m1/s1. The molecule has 1 aromatic heterocycles. The van der Waals surface area contributed by atoms with E-state index in [0.717, 1.165) is 22.0 Å². The summed E-state index contributed by atoms with van der Waals surface area (Å²) >= 11 is 0. The van der Waals surface area contributed by atoms with Crippen LogP contribution in [0.2, 0.25) is 0 Å². The van der Waals surface area contributed by atoms with Gasteiger partial charge in [-0.1, -0.05) is 48.5 Å². The Labute approximate surface area is 146 Å². The third-order valence-electron chi connectivity index (χ3n) is 4.00. The molecule has 2 N–H and O–H groups in total. The van der Waals surface area contributed by atoms with Gasteiger partial charge >= 0.3 is 5.97 Å². The first-order chi connectivity index (χ1) is 12.1. The second-order valence-electron chi connectivity index (χ2n) is 5.87. The minimum absolute atomic E-state index is 0.125. The molecular formula is C20H20N2O3. The van der Waals surface area contributed by atoms with E-state index < -0.39 is 12.1 Å². The second kappa shape index (κ2) is 7.66. The van der Waals surface area contributed by atoms with Crippen LogP contribution in [0.5, 0.6) is 0 Å². The van der Waals surface area contributed by atoms with Crippen LogP contribution >= 0.6 is 0 Å². The van der Waals surface area contributed by atoms with E-state index in [-0.39, 0.29) is 12.3 Å². The molecule has 0 radical (unpaired) electrons. The average Bonchev–Trinajstić information content (AvgIpc) is 3.03. The van der Waals surface area contributed by atoms with Crippen molar-refractivity contribution in [1.29, 1.82) is 0 Å². The lowest BCUT2D eigenvalue weighted by atomic mass is 10.1. The maximum absolute atomic E-state index is 12.1. The molecule has 0 saturated carbocycles. The highest BCUT2D eigenvalue weighted by Crippen LogP contribution is 2.18. The van der Waals surface area contributed by atoms with Crippen LogP contribution < -0.4 is 5.32 Å². The molecule has 1 atom stereocenters. The highest BCUT2D eigenvalue weighted by molar-refractivity contribution is 5.88. The smallest absolute Gasteiger partial charge is 0.311 e. The number of hydrogen-bond acceptors (Lipinski definition) is 3. The zero-order chi connectivity index (χ0) is 17.6. The second-order valence-corrected chi connectivity index (χ2v) is 5.87. The summed E-state index contributed by atoms with van der Waals surface area (Å²) in [5.41, 5.74) is 2.82. The fourth-order valence-electron chi connectivity index (χ4n) is 2.65. The number of aromatic nitrogens is 1. The van der Waals surface area contributed by atoms with Gasteiger partial charge in [0.15, 0.2) is 6.10 Å². The predicted octanol–water partition coefficient (Wildman–Crippen LogP) is 2.96. The van der Waals surface area contributed by atoms with E-state index in [1.165, 1.54) is 0 Å². The number of carbonyl (C=O) groups is 2. The quantitative estimate of drug-likeness (QED) is 0.680. The molecule has 3 aromatic rings. The van der Waals surface area contributed by atoms with Crippen molar-refractivity contribution in [2.75, 3.05) is 0 Å². The fraction of sp³-hybridized carbons (Fsp3) is 0.200. The summed E-state index contributed by atoms with van der Waals surface area (Å²) in [4.78, 5) is 27.3. The molecule has 25 heavy (non-hydrogen) atoms. The van der Waals surface area contributed by atoms with Gasteiger partial charge in [-0.15, -0.1) is 0 Å². The SMILES string of the molecule is C[C@@H](OC(=O)Cc1c[nH]c2ccccc12)C(=O)NCc1ccccc1. The summed E-state index contributed by atoms with van der Waals surface area (Å²) in [6.45, 7) is 1.98. The summed E-state index contributed by atoms with van der Waals surface area (Å²) in [6, 6.07) is 17.3. The van der Waals surface area contributed by atoms with Crippen LogP contribution in [0.25, 0.3) is 10.9 Å². The average molecular weight is 336 g/mol. The van der Waals surface area contributed by atoms with E-state index in [1.807, 2.05) is 54.6 Å². The van der Waals surface area contributed by atoms with Crippen molar-refractivity contribution < 1.29 is 14.3 Å². The molecular weight excluding hydrogens is 316 g/mol. The molecule has 0 bridgehead atoms. The molecule has 2 aromatic carbocycles. The Bertz CT molecular complexity index is 871. The number of aromatic amines is 1. The van der Waals surface area contributed by atoms with Gasteiger partial charge in [0, 0.05) is 23.6 Å². The molecule has 128 valence electrons. The molecule has 5 heteroatoms. The number of esters is 1. The van der Waals surface area contributed by atoms with E-state index >= 15 is 0 Å². The number of hydrogen-bond donors (Lipinski definition) is 2. The fourth-order valence-corrected chi connectivity index (χ4v) is 2.65. The van der Waals surface area contributed by atoms with E-state index in [9.17, 15) is 9.59 Å². The van der Waals surface area contributed by atoms with Crippen molar-refractivity contribution >= 4 is 22.8 Å². The van der Waals surface area contributed by atoms with E-state index in [1.54, 1.807) is 13.1 Å². The van der Waals surface area contributed by atoms with E-state index in [4.69, 9.17) is 4.74 Å². The van der Waals surface area contributed by atoms with Crippen molar-refractivity contribution in [3.8, 4) is 0 Å². The summed E-state index contributed by atoms with van der Waals surface area (Å²) < 4.78 is 5.26. The van der Waals surface area contributed by atoms with Crippen LogP contribution in [-0.4, -0.2) is 23.0 Å². The van der Waals surface area contributed by atoms with Crippen LogP contribution in [0.15, 0.2) is 60.8 Å². The number of amides is 1. The highest BCUT2D eigenvalue weighted by Gasteiger charge is 2.18. The normalized spacial score (nSPS) is 11.9. The number of H-pyrrole nitrogens is 1. The van der Waals surface area contributed by atoms with Crippen LogP contribution in [0.4, 0.5) is 0 Å². The molecule has 0 fully saturated rings. The summed E-state index contributed by atoms with van der Waals surface area (Å²) in [5.74, 6) is -0.733. The molecule has 1 amide bonds. The molecule has 1 heterocycles. The van der Waals surface area contributed by atoms with Crippen molar-refractivity contribution in [1.82, 2.24) is 10.3 Å². The first-order valence-electron chi connectivity index (χ1n) is 8.19. The monoisotopic (exact) mass is 336 g/mol. The molecule has 3 rings (SSSR count). The zero-order valence-corrected chi connectivity index (χ0v) is 14.0. The minimum atomic E-state index is -0.832. The van der Waals surface area contributed by atoms with Gasteiger partial charge in [-0.25, -0.2) is 0 Å². The number of fused-ring (bicyclic) bond motifs is 1. The third kappa shape index (κ3) is 4.26. The predicted molar refractivity (Wildman–Crippen MR) is 95.8 cm³/mol. The number of ether oxygens (including phenoxy) is 1. The molecule has 0 saturated heterocycles. The Kier molecular flexibility index (Phi) is 5.14. The Morgan fingerprint density at radius 1 is 1.08 bits per heavy atom. The Morgan fingerprint density at radius 3 is 2.60 bits per heavy atom. The minimum Gasteiger partial charge on any atom is -0.452 e. The molecule has 0 spiro atoms. The molecule has 0 aliphatic carbocycles. The van der Waals surface area contributed by atoms with Gasteiger partial charge in [-0.3, -0.25) is 9.59 Å². The Hall–Kier alpha value is -3.08. The molecule has 0 aliphatic rings. The van der Waals surface area contributed by atoms with Gasteiger partial charge in [0.1, 0.15) is 0 Å². The van der Waals surface area contributed by atoms with Crippen LogP contribution in [0.3, 0.4) is 0 Å². The molecule has 5 nitrogen and oxygen atoms in total. The van der Waals surface area contributed by atoms with Crippen LogP contribution in [0, 0.1) is 0 Å². The first kappa shape index (κ1) is 16.8. The Balaban J connectivity index is 1.52. The van der Waals surface area contributed by atoms with E-state index in [0.29, 0.717) is 6.54 Å². The van der Waals surface area contributed by atoms with Crippen LogP contribution in [0.1, 0.15) is 18.1 Å². The highest BCUT2D eigenvalue weighted by atomic mass is 16.5. The first-order valence-corrected chi connectivity index (χ1v) is 8.19. The van der Waals surface area contributed by atoms with Gasteiger partial charge < -0.3 is 15.0 Å². The lowest BCUT2D eigenvalue weighted by Crippen LogP contribution is -2.35. The number of nitrogens with one attached hydrogen (secondary N) is 2. The third-order valence-corrected chi connectivity index (χ3v) is 4.00. The van der Waals surface area contributed by atoms with Gasteiger partial charge in [-0.05, 0) is 24.1 Å². The number of para-hydroxylation sites is 1. The van der Waals surface area contributed by atoms with E-state index in [2.05, 4.69) is 10.3 Å². The summed E-state index contributed by atoms with van der Waals surface area (Å²) in [6.07, 6.45) is 1.09. The summed E-state index contributed by atoms with van der Waals surface area (Å²) in [5, 5.41) is 3.76. The van der Waals surface area contributed by atoms with Gasteiger partial charge in [0.25, 0.3) is 5.91 Å². The topological polar surface area (TPSA) is 71.2 Å². The van der Waals surface area contributed by atoms with Crippen molar-refractivity contribution in [3.63, 3.8) is 0 Å². The lowest BCUT2D eigenvalue weighted by Gasteiger charge is -2.13. The largest absolute Gasteiger partial charge is 0.452 e. The molecule has 0 aliphatic heterocycles. The molecule has 0 unspecified atom stereocenters. The van der Waals surface area contributed by atoms with Crippen molar-refractivity contribution in [2.24, 2.45) is 0 Å². The van der Waals surface area contributed by atoms with Gasteiger partial charge in [-0.2, -0.15) is 0 Å². The number of rotatable bonds is 6. The summed E-state index contributed by atoms with van der Waals surface area (Å²) in [7, 11) is 0. The number of carbonyl (C=O) groups excluding carboxylic acids is 2. The van der Waals surface area contributed by atoms with Crippen molar-refractivity contribution in [2.45, 2.75) is 26.0 Å². The number of benzene rings is 2. The Morgan fingerprint density at radius 2 is 1.80 bits per heavy atom. The van der Waals surface area contributed by atoms with Crippen molar-refractivity contribution in [3.05, 3.63) is 71.9 Å². The van der Waals surface area contributed by atoms with Gasteiger partial charge in [0.2, 0.25) is 0 Å². The lowest BCUT2D eigenvalue weighted by molar-refractivity contribution is -0.154.